The highest BCUT2D eigenvalue weighted by Gasteiger charge is 2.19. The number of anilines is 1. The second-order valence-electron chi connectivity index (χ2n) is 6.45. The molecule has 2 aliphatic rings. The number of nitrogens with one attached hydrogen (secondary N) is 1. The van der Waals surface area contributed by atoms with Crippen molar-refractivity contribution >= 4 is 29.4 Å². The number of ether oxygens (including phenoxy) is 1. The third-order valence-electron chi connectivity index (χ3n) is 4.85. The van der Waals surface area contributed by atoms with E-state index in [2.05, 4.69) is 54.6 Å². The van der Waals surface area contributed by atoms with Crippen molar-refractivity contribution in [2.45, 2.75) is 13.1 Å². The van der Waals surface area contributed by atoms with Gasteiger partial charge in [-0.15, -0.1) is 33.9 Å². The molecule has 0 spiro atoms. The summed E-state index contributed by atoms with van der Waals surface area (Å²) >= 11 is 1.65. The van der Waals surface area contributed by atoms with E-state index >= 15 is 0 Å². The Morgan fingerprint density at radius 2 is 1.85 bits per heavy atom. The summed E-state index contributed by atoms with van der Waals surface area (Å²) in [4.78, 5) is 7.17. The Morgan fingerprint density at radius 1 is 1.04 bits per heavy atom. The van der Waals surface area contributed by atoms with E-state index < -0.39 is 0 Å². The van der Waals surface area contributed by atoms with E-state index in [4.69, 9.17) is 9.72 Å². The van der Waals surface area contributed by atoms with Crippen LogP contribution < -0.4 is 10.2 Å². The van der Waals surface area contributed by atoms with Crippen molar-refractivity contribution < 1.29 is 4.74 Å². The number of thiazole rings is 1. The topological polar surface area (TPSA) is 68.1 Å². The molecule has 0 atom stereocenters. The summed E-state index contributed by atoms with van der Waals surface area (Å²) in [6.07, 6.45) is 0. The van der Waals surface area contributed by atoms with Crippen LogP contribution in [-0.4, -0.2) is 52.6 Å². The Labute approximate surface area is 167 Å². The number of rotatable bonds is 3. The van der Waals surface area contributed by atoms with Crippen molar-refractivity contribution in [3.63, 3.8) is 0 Å². The Morgan fingerprint density at radius 3 is 2.67 bits per heavy atom. The van der Waals surface area contributed by atoms with E-state index in [1.807, 2.05) is 0 Å². The first-order valence-corrected chi connectivity index (χ1v) is 9.78. The van der Waals surface area contributed by atoms with Gasteiger partial charge in [-0.1, -0.05) is 0 Å². The molecule has 0 aliphatic carbocycles. The lowest BCUT2D eigenvalue weighted by Crippen LogP contribution is -2.36. The van der Waals surface area contributed by atoms with Gasteiger partial charge in [0, 0.05) is 42.8 Å². The van der Waals surface area contributed by atoms with Crippen LogP contribution in [0.4, 0.5) is 5.69 Å². The standard InChI is InChI=1S/C18H20N6OS.ClH/c1-3-14(23-7-9-25-10-8-23)4-2-13(1)18-20-15(12-26-18)17-22-21-16-11-19-5-6-24(16)17;/h1-4,12,19H,5-11H2;1H. The molecule has 1 aromatic carbocycles. The van der Waals surface area contributed by atoms with Gasteiger partial charge in [-0.3, -0.25) is 0 Å². The Balaban J connectivity index is 0.00000180. The minimum Gasteiger partial charge on any atom is -0.378 e. The molecule has 0 saturated carbocycles. The molecule has 5 rings (SSSR count). The van der Waals surface area contributed by atoms with Crippen molar-refractivity contribution in [3.8, 4) is 22.1 Å². The van der Waals surface area contributed by atoms with Gasteiger partial charge >= 0.3 is 0 Å². The predicted molar refractivity (Wildman–Crippen MR) is 109 cm³/mol. The molecule has 27 heavy (non-hydrogen) atoms. The summed E-state index contributed by atoms with van der Waals surface area (Å²) < 4.78 is 7.59. The van der Waals surface area contributed by atoms with Crippen LogP contribution in [0.25, 0.3) is 22.1 Å². The molecule has 1 saturated heterocycles. The molecule has 2 aliphatic heterocycles. The second-order valence-corrected chi connectivity index (χ2v) is 7.31. The number of halogens is 1. The van der Waals surface area contributed by atoms with Crippen LogP contribution in [-0.2, 0) is 17.8 Å². The molecule has 1 fully saturated rings. The summed E-state index contributed by atoms with van der Waals surface area (Å²) in [6.45, 7) is 6.11. The van der Waals surface area contributed by atoms with E-state index in [1.165, 1.54) is 5.69 Å². The maximum atomic E-state index is 5.42. The minimum atomic E-state index is 0. The van der Waals surface area contributed by atoms with E-state index in [1.54, 1.807) is 11.3 Å². The van der Waals surface area contributed by atoms with Gasteiger partial charge in [0.2, 0.25) is 0 Å². The SMILES string of the molecule is Cl.c1cc(N2CCOCC2)ccc1-c1nc(-c2nnc3n2CCNC3)cs1. The third kappa shape index (κ3) is 3.58. The first-order valence-electron chi connectivity index (χ1n) is 8.90. The zero-order chi connectivity index (χ0) is 17.3. The van der Waals surface area contributed by atoms with Gasteiger partial charge in [0.25, 0.3) is 0 Å². The average molecular weight is 405 g/mol. The van der Waals surface area contributed by atoms with Gasteiger partial charge < -0.3 is 19.5 Å². The molecule has 7 nitrogen and oxygen atoms in total. The molecule has 142 valence electrons. The third-order valence-corrected chi connectivity index (χ3v) is 5.74. The molecular weight excluding hydrogens is 384 g/mol. The van der Waals surface area contributed by atoms with Gasteiger partial charge in [-0.25, -0.2) is 4.98 Å². The summed E-state index contributed by atoms with van der Waals surface area (Å²) in [5.74, 6) is 1.85. The molecule has 4 heterocycles. The van der Waals surface area contributed by atoms with Crippen LogP contribution in [0.3, 0.4) is 0 Å². The molecule has 0 unspecified atom stereocenters. The maximum absolute atomic E-state index is 5.42. The van der Waals surface area contributed by atoms with Gasteiger partial charge in [-0.05, 0) is 24.3 Å². The monoisotopic (exact) mass is 404 g/mol. The number of hydrogen-bond donors (Lipinski definition) is 1. The highest BCUT2D eigenvalue weighted by molar-refractivity contribution is 7.13. The first-order chi connectivity index (χ1) is 12.9. The quantitative estimate of drug-likeness (QED) is 0.723. The zero-order valence-electron chi connectivity index (χ0n) is 14.8. The molecule has 0 bridgehead atoms. The van der Waals surface area contributed by atoms with Gasteiger partial charge in [-0.2, -0.15) is 0 Å². The molecular formula is C18H21ClN6OS. The summed E-state index contributed by atoms with van der Waals surface area (Å²) in [6, 6.07) is 8.64. The van der Waals surface area contributed by atoms with Crippen LogP contribution in [0.15, 0.2) is 29.6 Å². The number of morpholine rings is 1. The summed E-state index contributed by atoms with van der Waals surface area (Å²) in [7, 11) is 0. The van der Waals surface area contributed by atoms with Crippen molar-refractivity contribution in [1.82, 2.24) is 25.1 Å². The van der Waals surface area contributed by atoms with Crippen LogP contribution in [0.5, 0.6) is 0 Å². The lowest BCUT2D eigenvalue weighted by atomic mass is 10.2. The highest BCUT2D eigenvalue weighted by atomic mass is 35.5. The van der Waals surface area contributed by atoms with E-state index in [0.717, 1.165) is 73.9 Å². The van der Waals surface area contributed by atoms with Crippen molar-refractivity contribution in [2.24, 2.45) is 0 Å². The van der Waals surface area contributed by atoms with Crippen LogP contribution >= 0.6 is 23.7 Å². The van der Waals surface area contributed by atoms with Gasteiger partial charge in [0.15, 0.2) is 5.82 Å². The lowest BCUT2D eigenvalue weighted by Gasteiger charge is -2.28. The number of nitrogens with zero attached hydrogens (tertiary/aromatic N) is 5. The Bertz CT molecular complexity index is 903. The average Bonchev–Trinajstić information content (AvgIpc) is 3.36. The molecule has 2 aromatic heterocycles. The largest absolute Gasteiger partial charge is 0.378 e. The minimum absolute atomic E-state index is 0. The van der Waals surface area contributed by atoms with Crippen molar-refractivity contribution in [1.29, 1.82) is 0 Å². The second kappa shape index (κ2) is 7.93. The van der Waals surface area contributed by atoms with Gasteiger partial charge in [0.1, 0.15) is 16.5 Å². The number of aromatic nitrogens is 4. The normalized spacial score (nSPS) is 16.7. The Kier molecular flexibility index (Phi) is 5.40. The van der Waals surface area contributed by atoms with Crippen LogP contribution in [0.1, 0.15) is 5.82 Å². The molecule has 9 heteroatoms. The fourth-order valence-corrected chi connectivity index (χ4v) is 4.23. The lowest BCUT2D eigenvalue weighted by molar-refractivity contribution is 0.122. The number of fused-ring (bicyclic) bond motifs is 1. The van der Waals surface area contributed by atoms with Crippen LogP contribution in [0.2, 0.25) is 0 Å². The maximum Gasteiger partial charge on any atom is 0.183 e. The summed E-state index contributed by atoms with van der Waals surface area (Å²) in [5.41, 5.74) is 3.29. The summed E-state index contributed by atoms with van der Waals surface area (Å²) in [5, 5.41) is 15.0. The van der Waals surface area contributed by atoms with E-state index in [0.29, 0.717) is 0 Å². The number of benzene rings is 1. The van der Waals surface area contributed by atoms with Gasteiger partial charge in [0.05, 0.1) is 19.8 Å². The van der Waals surface area contributed by atoms with Crippen LogP contribution in [0, 0.1) is 0 Å². The molecule has 1 N–H and O–H groups in total. The predicted octanol–water partition coefficient (Wildman–Crippen LogP) is 2.43. The van der Waals surface area contributed by atoms with Crippen molar-refractivity contribution in [2.75, 3.05) is 37.7 Å². The van der Waals surface area contributed by atoms with Crippen molar-refractivity contribution in [3.05, 3.63) is 35.5 Å². The van der Waals surface area contributed by atoms with E-state index in [9.17, 15) is 0 Å². The van der Waals surface area contributed by atoms with E-state index in [-0.39, 0.29) is 12.4 Å². The zero-order valence-corrected chi connectivity index (χ0v) is 16.4. The molecule has 0 amide bonds. The molecule has 3 aromatic rings. The number of hydrogen-bond acceptors (Lipinski definition) is 7. The fraction of sp³-hybridized carbons (Fsp3) is 0.389. The first kappa shape index (κ1) is 18.4. The molecule has 0 radical (unpaired) electrons. The smallest absolute Gasteiger partial charge is 0.183 e. The Hall–Kier alpha value is -2.00. The highest BCUT2D eigenvalue weighted by Crippen LogP contribution is 2.30. The fourth-order valence-electron chi connectivity index (χ4n) is 3.43.